The lowest BCUT2D eigenvalue weighted by Gasteiger charge is -2.18. The quantitative estimate of drug-likeness (QED) is 0.908. The normalized spacial score (nSPS) is 18.5. The van der Waals surface area contributed by atoms with Gasteiger partial charge in [0.2, 0.25) is 11.8 Å². The van der Waals surface area contributed by atoms with Crippen molar-refractivity contribution in [3.05, 3.63) is 24.3 Å². The van der Waals surface area contributed by atoms with Crippen LogP contribution in [0.1, 0.15) is 20.3 Å². The minimum absolute atomic E-state index is 0.0258. The van der Waals surface area contributed by atoms with Crippen LogP contribution in [0.15, 0.2) is 24.3 Å². The summed E-state index contributed by atoms with van der Waals surface area (Å²) in [6.45, 7) is 4.24. The standard InChI is InChI=1S/C15H20N2O3/c1-10(2)16-15(19)11-7-14(18)17(9-11)12-5-4-6-13(8-12)20-3/h4-6,8,10-11H,7,9H2,1-3H3,(H,16,19)/t11-/m0/s1. The van der Waals surface area contributed by atoms with E-state index in [-0.39, 0.29) is 30.2 Å². The Labute approximate surface area is 118 Å². The van der Waals surface area contributed by atoms with E-state index in [0.717, 1.165) is 5.69 Å². The minimum atomic E-state index is -0.281. The number of ether oxygens (including phenoxy) is 1. The number of methoxy groups -OCH3 is 1. The summed E-state index contributed by atoms with van der Waals surface area (Å²) < 4.78 is 5.16. The smallest absolute Gasteiger partial charge is 0.227 e. The number of hydrogen-bond donors (Lipinski definition) is 1. The molecule has 1 atom stereocenters. The van der Waals surface area contributed by atoms with Crippen LogP contribution in [0.2, 0.25) is 0 Å². The van der Waals surface area contributed by atoms with Crippen molar-refractivity contribution >= 4 is 17.5 Å². The molecule has 0 spiro atoms. The first-order chi connectivity index (χ1) is 9.51. The Morgan fingerprint density at radius 1 is 1.45 bits per heavy atom. The molecule has 1 saturated heterocycles. The average Bonchev–Trinajstić information content (AvgIpc) is 2.80. The van der Waals surface area contributed by atoms with Gasteiger partial charge in [-0.2, -0.15) is 0 Å². The SMILES string of the molecule is COc1cccc(N2C[C@@H](C(=O)NC(C)C)CC2=O)c1. The van der Waals surface area contributed by atoms with Crippen LogP contribution < -0.4 is 15.0 Å². The van der Waals surface area contributed by atoms with Crippen LogP contribution in [0, 0.1) is 5.92 Å². The molecule has 1 fully saturated rings. The Balaban J connectivity index is 2.10. The molecule has 0 saturated carbocycles. The highest BCUT2D eigenvalue weighted by molar-refractivity contribution is 6.00. The maximum atomic E-state index is 12.1. The number of nitrogens with zero attached hydrogens (tertiary/aromatic N) is 1. The molecular formula is C15H20N2O3. The average molecular weight is 276 g/mol. The Morgan fingerprint density at radius 2 is 2.20 bits per heavy atom. The van der Waals surface area contributed by atoms with Crippen molar-refractivity contribution < 1.29 is 14.3 Å². The second-order valence-corrected chi connectivity index (χ2v) is 5.27. The van der Waals surface area contributed by atoms with E-state index in [1.807, 2.05) is 32.0 Å². The van der Waals surface area contributed by atoms with Gasteiger partial charge in [0.15, 0.2) is 0 Å². The Morgan fingerprint density at radius 3 is 2.85 bits per heavy atom. The van der Waals surface area contributed by atoms with E-state index in [4.69, 9.17) is 4.74 Å². The van der Waals surface area contributed by atoms with Crippen LogP contribution in [-0.2, 0) is 9.59 Å². The van der Waals surface area contributed by atoms with E-state index in [9.17, 15) is 9.59 Å². The van der Waals surface area contributed by atoms with E-state index < -0.39 is 0 Å². The molecule has 2 rings (SSSR count). The summed E-state index contributed by atoms with van der Waals surface area (Å²) in [4.78, 5) is 25.7. The predicted octanol–water partition coefficient (Wildman–Crippen LogP) is 1.57. The van der Waals surface area contributed by atoms with Crippen LogP contribution >= 0.6 is 0 Å². The van der Waals surface area contributed by atoms with Crippen molar-refractivity contribution in [1.82, 2.24) is 5.32 Å². The zero-order valence-corrected chi connectivity index (χ0v) is 12.1. The lowest BCUT2D eigenvalue weighted by atomic mass is 10.1. The van der Waals surface area contributed by atoms with E-state index in [2.05, 4.69) is 5.32 Å². The summed E-state index contributed by atoms with van der Waals surface area (Å²) >= 11 is 0. The fourth-order valence-electron chi connectivity index (χ4n) is 2.31. The summed E-state index contributed by atoms with van der Waals surface area (Å²) in [5.74, 6) is 0.336. The van der Waals surface area contributed by atoms with Crippen molar-refractivity contribution in [3.8, 4) is 5.75 Å². The molecule has 1 heterocycles. The monoisotopic (exact) mass is 276 g/mol. The Bertz CT molecular complexity index is 514. The van der Waals surface area contributed by atoms with Gasteiger partial charge in [0.1, 0.15) is 5.75 Å². The first-order valence-corrected chi connectivity index (χ1v) is 6.76. The van der Waals surface area contributed by atoms with Crippen LogP contribution in [0.25, 0.3) is 0 Å². The second kappa shape index (κ2) is 5.94. The molecule has 0 aliphatic carbocycles. The summed E-state index contributed by atoms with van der Waals surface area (Å²) in [7, 11) is 1.59. The Kier molecular flexibility index (Phi) is 4.27. The predicted molar refractivity (Wildman–Crippen MR) is 76.7 cm³/mol. The number of benzene rings is 1. The molecular weight excluding hydrogens is 256 g/mol. The van der Waals surface area contributed by atoms with Gasteiger partial charge in [0, 0.05) is 30.8 Å². The largest absolute Gasteiger partial charge is 0.497 e. The van der Waals surface area contributed by atoms with Crippen LogP contribution in [-0.4, -0.2) is 31.5 Å². The topological polar surface area (TPSA) is 58.6 Å². The summed E-state index contributed by atoms with van der Waals surface area (Å²) in [5.41, 5.74) is 0.772. The number of anilines is 1. The highest BCUT2D eigenvalue weighted by atomic mass is 16.5. The van der Waals surface area contributed by atoms with Crippen molar-refractivity contribution in [3.63, 3.8) is 0 Å². The zero-order valence-electron chi connectivity index (χ0n) is 12.1. The third-order valence-electron chi connectivity index (χ3n) is 3.29. The first kappa shape index (κ1) is 14.4. The van der Waals surface area contributed by atoms with Gasteiger partial charge in [-0.15, -0.1) is 0 Å². The number of amides is 2. The number of carbonyl (C=O) groups is 2. The third kappa shape index (κ3) is 3.10. The van der Waals surface area contributed by atoms with Gasteiger partial charge in [0.05, 0.1) is 13.0 Å². The molecule has 5 heteroatoms. The highest BCUT2D eigenvalue weighted by Crippen LogP contribution is 2.27. The van der Waals surface area contributed by atoms with Crippen LogP contribution in [0.3, 0.4) is 0 Å². The van der Waals surface area contributed by atoms with Crippen LogP contribution in [0.4, 0.5) is 5.69 Å². The van der Waals surface area contributed by atoms with Crippen molar-refractivity contribution in [2.24, 2.45) is 5.92 Å². The fraction of sp³-hybridized carbons (Fsp3) is 0.467. The molecule has 1 aromatic rings. The molecule has 1 aliphatic heterocycles. The molecule has 0 unspecified atom stereocenters. The number of carbonyl (C=O) groups excluding carboxylic acids is 2. The fourth-order valence-corrected chi connectivity index (χ4v) is 2.31. The molecule has 0 bridgehead atoms. The van der Waals surface area contributed by atoms with Crippen molar-refractivity contribution in [1.29, 1.82) is 0 Å². The van der Waals surface area contributed by atoms with Crippen LogP contribution in [0.5, 0.6) is 5.75 Å². The van der Waals surface area contributed by atoms with Gasteiger partial charge < -0.3 is 15.0 Å². The second-order valence-electron chi connectivity index (χ2n) is 5.27. The van der Waals surface area contributed by atoms with E-state index in [1.54, 1.807) is 18.1 Å². The molecule has 0 radical (unpaired) electrons. The molecule has 1 N–H and O–H groups in total. The zero-order chi connectivity index (χ0) is 14.7. The van der Waals surface area contributed by atoms with Gasteiger partial charge in [-0.3, -0.25) is 9.59 Å². The summed E-state index contributed by atoms with van der Waals surface area (Å²) in [6, 6.07) is 7.41. The van der Waals surface area contributed by atoms with E-state index in [1.165, 1.54) is 0 Å². The third-order valence-corrected chi connectivity index (χ3v) is 3.29. The van der Waals surface area contributed by atoms with Crippen molar-refractivity contribution in [2.45, 2.75) is 26.3 Å². The van der Waals surface area contributed by atoms with E-state index >= 15 is 0 Å². The lowest BCUT2D eigenvalue weighted by molar-refractivity contribution is -0.126. The van der Waals surface area contributed by atoms with Gasteiger partial charge in [-0.1, -0.05) is 6.07 Å². The Hall–Kier alpha value is -2.04. The number of rotatable bonds is 4. The summed E-state index contributed by atoms with van der Waals surface area (Å²) in [5, 5.41) is 2.86. The lowest BCUT2D eigenvalue weighted by Crippen LogP contribution is -2.36. The van der Waals surface area contributed by atoms with Gasteiger partial charge in [-0.05, 0) is 26.0 Å². The molecule has 0 aromatic heterocycles. The molecule has 1 aromatic carbocycles. The van der Waals surface area contributed by atoms with E-state index in [0.29, 0.717) is 12.3 Å². The maximum Gasteiger partial charge on any atom is 0.227 e. The highest BCUT2D eigenvalue weighted by Gasteiger charge is 2.35. The first-order valence-electron chi connectivity index (χ1n) is 6.76. The van der Waals surface area contributed by atoms with Gasteiger partial charge >= 0.3 is 0 Å². The number of nitrogens with one attached hydrogen (secondary N) is 1. The molecule has 108 valence electrons. The molecule has 20 heavy (non-hydrogen) atoms. The minimum Gasteiger partial charge on any atom is -0.497 e. The van der Waals surface area contributed by atoms with Gasteiger partial charge in [-0.25, -0.2) is 0 Å². The molecule has 5 nitrogen and oxygen atoms in total. The van der Waals surface area contributed by atoms with Gasteiger partial charge in [0.25, 0.3) is 0 Å². The summed E-state index contributed by atoms with van der Waals surface area (Å²) in [6.07, 6.45) is 0.260. The number of hydrogen-bond acceptors (Lipinski definition) is 3. The molecule has 2 amide bonds. The maximum absolute atomic E-state index is 12.1. The van der Waals surface area contributed by atoms with Crippen molar-refractivity contribution in [2.75, 3.05) is 18.6 Å². The molecule has 1 aliphatic rings.